The molecule has 1 fully saturated rings. The van der Waals surface area contributed by atoms with Gasteiger partial charge in [0, 0.05) is 32.6 Å². The number of anilines is 1. The quantitative estimate of drug-likeness (QED) is 0.828. The molecule has 2 aromatic heterocycles. The summed E-state index contributed by atoms with van der Waals surface area (Å²) in [5, 5.41) is 2.74. The number of rotatable bonds is 4. The number of carbonyl (C=O) groups excluding carboxylic acids is 3. The molecule has 1 aliphatic heterocycles. The van der Waals surface area contributed by atoms with Gasteiger partial charge in [-0.2, -0.15) is 0 Å². The van der Waals surface area contributed by atoms with Crippen molar-refractivity contribution >= 4 is 23.5 Å². The van der Waals surface area contributed by atoms with Crippen LogP contribution in [0.25, 0.3) is 0 Å². The van der Waals surface area contributed by atoms with Gasteiger partial charge in [-0.25, -0.2) is 9.97 Å². The van der Waals surface area contributed by atoms with Gasteiger partial charge in [0.2, 0.25) is 11.9 Å². The van der Waals surface area contributed by atoms with E-state index in [0.29, 0.717) is 55.3 Å². The van der Waals surface area contributed by atoms with Gasteiger partial charge in [0.05, 0.1) is 29.8 Å². The lowest BCUT2D eigenvalue weighted by molar-refractivity contribution is -0.117. The molecule has 0 unspecified atom stereocenters. The monoisotopic (exact) mass is 397 g/mol. The number of aryl methyl sites for hydroxylation is 2. The zero-order valence-electron chi connectivity index (χ0n) is 16.3. The summed E-state index contributed by atoms with van der Waals surface area (Å²) in [6.45, 7) is 4.22. The largest absolute Gasteiger partial charge is 0.459 e. The van der Waals surface area contributed by atoms with Crippen LogP contribution in [-0.2, 0) is 11.2 Å². The van der Waals surface area contributed by atoms with Crippen molar-refractivity contribution in [3.8, 4) is 0 Å². The van der Waals surface area contributed by atoms with Gasteiger partial charge in [-0.15, -0.1) is 0 Å². The molecule has 152 valence electrons. The van der Waals surface area contributed by atoms with Gasteiger partial charge < -0.3 is 9.32 Å². The third-order valence-electron chi connectivity index (χ3n) is 5.27. The van der Waals surface area contributed by atoms with Crippen LogP contribution in [0.5, 0.6) is 0 Å². The fourth-order valence-electron chi connectivity index (χ4n) is 3.81. The maximum atomic E-state index is 12.4. The van der Waals surface area contributed by atoms with E-state index in [2.05, 4.69) is 15.3 Å². The molecule has 0 spiro atoms. The Morgan fingerprint density at radius 2 is 1.97 bits per heavy atom. The molecule has 2 amide bonds. The summed E-state index contributed by atoms with van der Waals surface area (Å²) in [7, 11) is 0. The number of fused-ring (bicyclic) bond motifs is 1. The highest BCUT2D eigenvalue weighted by atomic mass is 16.3. The average molecular weight is 397 g/mol. The number of hydrogen-bond acceptors (Lipinski definition) is 7. The first-order valence-corrected chi connectivity index (χ1v) is 9.77. The molecule has 1 aliphatic carbocycles. The molecule has 2 aromatic rings. The lowest BCUT2D eigenvalue weighted by Gasteiger charge is -2.33. The van der Waals surface area contributed by atoms with Crippen molar-refractivity contribution in [2.45, 2.75) is 26.2 Å². The van der Waals surface area contributed by atoms with Crippen LogP contribution in [-0.4, -0.2) is 70.1 Å². The number of furan rings is 1. The summed E-state index contributed by atoms with van der Waals surface area (Å²) in [6.07, 6.45) is 3.50. The fraction of sp³-hybridized carbons (Fsp3) is 0.450. The van der Waals surface area contributed by atoms with Crippen LogP contribution >= 0.6 is 0 Å². The van der Waals surface area contributed by atoms with Gasteiger partial charge in [-0.05, 0) is 31.9 Å². The Morgan fingerprint density at radius 1 is 1.17 bits per heavy atom. The maximum absolute atomic E-state index is 12.4. The van der Waals surface area contributed by atoms with Gasteiger partial charge >= 0.3 is 0 Å². The predicted octanol–water partition coefficient (Wildman–Crippen LogP) is 1.29. The van der Waals surface area contributed by atoms with E-state index in [1.165, 1.54) is 6.26 Å². The van der Waals surface area contributed by atoms with Crippen LogP contribution in [0.2, 0.25) is 0 Å². The van der Waals surface area contributed by atoms with Crippen molar-refractivity contribution < 1.29 is 18.8 Å². The Kier molecular flexibility index (Phi) is 5.39. The highest BCUT2D eigenvalue weighted by Gasteiger charge is 2.26. The number of piperazine rings is 1. The van der Waals surface area contributed by atoms with Crippen LogP contribution in [0.3, 0.4) is 0 Å². The average Bonchev–Trinajstić information content (AvgIpc) is 3.22. The standard InChI is InChI=1S/C20H23N5O4/c1-13-18-14(4-2-5-15(18)26)22-20(21-13)23-17(27)12-24-7-9-25(10-8-24)19(28)16-6-3-11-29-16/h3,6,11H,2,4-5,7-10,12H2,1H3,(H,21,22,23,27). The Morgan fingerprint density at radius 3 is 2.69 bits per heavy atom. The molecule has 0 aromatic carbocycles. The number of nitrogens with one attached hydrogen (secondary N) is 1. The molecule has 2 aliphatic rings. The zero-order valence-corrected chi connectivity index (χ0v) is 16.3. The Hall–Kier alpha value is -3.07. The first kappa shape index (κ1) is 19.3. The summed E-state index contributed by atoms with van der Waals surface area (Å²) < 4.78 is 5.16. The van der Waals surface area contributed by atoms with Crippen molar-refractivity contribution in [3.05, 3.63) is 41.1 Å². The second-order valence-corrected chi connectivity index (χ2v) is 7.32. The Balaban J connectivity index is 1.31. The molecule has 1 N–H and O–H groups in total. The molecule has 4 rings (SSSR count). The normalized spacial score (nSPS) is 17.1. The number of carbonyl (C=O) groups is 3. The predicted molar refractivity (Wildman–Crippen MR) is 104 cm³/mol. The van der Waals surface area contributed by atoms with E-state index in [9.17, 15) is 14.4 Å². The van der Waals surface area contributed by atoms with Gasteiger partial charge in [-0.3, -0.25) is 24.6 Å². The third kappa shape index (κ3) is 4.19. The van der Waals surface area contributed by atoms with E-state index in [-0.39, 0.29) is 30.1 Å². The minimum atomic E-state index is -0.211. The van der Waals surface area contributed by atoms with Crippen molar-refractivity contribution in [1.82, 2.24) is 19.8 Å². The topological polar surface area (TPSA) is 109 Å². The smallest absolute Gasteiger partial charge is 0.289 e. The second kappa shape index (κ2) is 8.12. The fourth-order valence-corrected chi connectivity index (χ4v) is 3.81. The SMILES string of the molecule is Cc1nc(NC(=O)CN2CCN(C(=O)c3ccco3)CC2)nc2c1C(=O)CCC2. The maximum Gasteiger partial charge on any atom is 0.289 e. The molecule has 1 saturated heterocycles. The summed E-state index contributed by atoms with van der Waals surface area (Å²) >= 11 is 0. The molecule has 29 heavy (non-hydrogen) atoms. The first-order chi connectivity index (χ1) is 14.0. The van der Waals surface area contributed by atoms with Crippen LogP contribution < -0.4 is 5.32 Å². The molecule has 0 bridgehead atoms. The van der Waals surface area contributed by atoms with E-state index in [4.69, 9.17) is 4.42 Å². The third-order valence-corrected chi connectivity index (χ3v) is 5.27. The minimum Gasteiger partial charge on any atom is -0.459 e. The zero-order chi connectivity index (χ0) is 20.4. The lowest BCUT2D eigenvalue weighted by atomic mass is 9.94. The highest BCUT2D eigenvalue weighted by Crippen LogP contribution is 2.23. The van der Waals surface area contributed by atoms with Crippen LogP contribution in [0.1, 0.15) is 45.1 Å². The van der Waals surface area contributed by atoms with E-state index in [1.54, 1.807) is 24.0 Å². The van der Waals surface area contributed by atoms with Crippen LogP contribution in [0.4, 0.5) is 5.95 Å². The number of amides is 2. The summed E-state index contributed by atoms with van der Waals surface area (Å²) in [6, 6.07) is 3.34. The number of Topliss-reactive ketones (excluding diaryl/α,β-unsaturated/α-hetero) is 1. The first-order valence-electron chi connectivity index (χ1n) is 9.77. The number of hydrogen-bond donors (Lipinski definition) is 1. The lowest BCUT2D eigenvalue weighted by Crippen LogP contribution is -2.50. The van der Waals surface area contributed by atoms with Crippen LogP contribution in [0, 0.1) is 6.92 Å². The van der Waals surface area contributed by atoms with Gasteiger partial charge in [0.15, 0.2) is 11.5 Å². The summed E-state index contributed by atoms with van der Waals surface area (Å²) in [4.78, 5) is 49.1. The molecule has 3 heterocycles. The van der Waals surface area contributed by atoms with Gasteiger partial charge in [0.25, 0.3) is 5.91 Å². The van der Waals surface area contributed by atoms with Crippen molar-refractivity contribution in [3.63, 3.8) is 0 Å². The molecule has 9 heteroatoms. The number of aromatic nitrogens is 2. The van der Waals surface area contributed by atoms with E-state index in [0.717, 1.165) is 12.8 Å². The number of nitrogens with zero attached hydrogens (tertiary/aromatic N) is 4. The molecular weight excluding hydrogens is 374 g/mol. The summed E-state index contributed by atoms with van der Waals surface area (Å²) in [5.41, 5.74) is 1.93. The van der Waals surface area contributed by atoms with Crippen molar-refractivity contribution in [1.29, 1.82) is 0 Å². The molecule has 0 radical (unpaired) electrons. The summed E-state index contributed by atoms with van der Waals surface area (Å²) in [5.74, 6) is 0.301. The van der Waals surface area contributed by atoms with E-state index in [1.807, 2.05) is 4.90 Å². The van der Waals surface area contributed by atoms with Gasteiger partial charge in [-0.1, -0.05) is 0 Å². The Bertz CT molecular complexity index is 933. The van der Waals surface area contributed by atoms with Crippen molar-refractivity contribution in [2.24, 2.45) is 0 Å². The molecule has 0 atom stereocenters. The number of ketones is 1. The second-order valence-electron chi connectivity index (χ2n) is 7.32. The minimum absolute atomic E-state index is 0.0728. The van der Waals surface area contributed by atoms with E-state index < -0.39 is 0 Å². The molecule has 9 nitrogen and oxygen atoms in total. The Labute approximate surface area is 168 Å². The van der Waals surface area contributed by atoms with Gasteiger partial charge in [0.1, 0.15) is 0 Å². The highest BCUT2D eigenvalue weighted by molar-refractivity contribution is 5.99. The van der Waals surface area contributed by atoms with E-state index >= 15 is 0 Å². The van der Waals surface area contributed by atoms with Crippen molar-refractivity contribution in [2.75, 3.05) is 38.0 Å². The molecular formula is C20H23N5O4. The van der Waals surface area contributed by atoms with Crippen LogP contribution in [0.15, 0.2) is 22.8 Å². The molecule has 0 saturated carbocycles.